The van der Waals surface area contributed by atoms with Crippen molar-refractivity contribution in [3.63, 3.8) is 0 Å². The molecule has 0 radical (unpaired) electrons. The Morgan fingerprint density at radius 2 is 2.27 bits per heavy atom. The lowest BCUT2D eigenvalue weighted by Crippen LogP contribution is -2.32. The number of hydrogen-bond donors (Lipinski definition) is 1. The average molecular weight is 203 g/mol. The van der Waals surface area contributed by atoms with Gasteiger partial charge in [0, 0.05) is 6.92 Å². The Kier molecular flexibility index (Phi) is 5.32. The Labute approximate surface area is 92.0 Å². The predicted octanol–water partition coefficient (Wildman–Crippen LogP) is 2.20. The lowest BCUT2D eigenvalue weighted by Gasteiger charge is -2.10. The first-order valence-corrected chi connectivity index (χ1v) is 5.46. The summed E-state index contributed by atoms with van der Waals surface area (Å²) in [4.78, 5) is 0. The molecule has 2 nitrogen and oxygen atoms in total. The maximum atomic E-state index is 3.45. The Balaban J connectivity index is 2.70. The molecular weight excluding hydrogens is 184 g/mol. The summed E-state index contributed by atoms with van der Waals surface area (Å²) >= 11 is 0. The normalized spacial score (nSPS) is 17.4. The van der Waals surface area contributed by atoms with Crippen LogP contribution in [0.1, 0.15) is 26.2 Å². The molecule has 0 aromatic heterocycles. The molecule has 0 atom stereocenters. The molecule has 0 saturated carbocycles. The maximum absolute atomic E-state index is 3.45. The van der Waals surface area contributed by atoms with Gasteiger partial charge in [-0.1, -0.05) is 11.5 Å². The minimum absolute atomic E-state index is 1.08. The Morgan fingerprint density at radius 1 is 1.40 bits per heavy atom. The molecule has 0 fully saturated rings. The zero-order valence-electron chi connectivity index (χ0n) is 9.42. The van der Waals surface area contributed by atoms with Gasteiger partial charge >= 0.3 is 0 Å². The highest BCUT2D eigenvalue weighted by molar-refractivity contribution is 5.74. The molecule has 0 spiro atoms. The second kappa shape index (κ2) is 6.89. The van der Waals surface area contributed by atoms with E-state index in [-0.39, 0.29) is 0 Å². The van der Waals surface area contributed by atoms with Crippen LogP contribution in [-0.4, -0.2) is 23.5 Å². The second-order valence-electron chi connectivity index (χ2n) is 3.60. The van der Waals surface area contributed by atoms with Crippen LogP contribution < -0.4 is 5.32 Å². The van der Waals surface area contributed by atoms with E-state index in [9.17, 15) is 0 Å². The van der Waals surface area contributed by atoms with Gasteiger partial charge in [0.15, 0.2) is 0 Å². The predicted molar refractivity (Wildman–Crippen MR) is 64.0 cm³/mol. The fourth-order valence-electron chi connectivity index (χ4n) is 1.56. The van der Waals surface area contributed by atoms with E-state index in [1.807, 2.05) is 12.2 Å². The summed E-state index contributed by atoms with van der Waals surface area (Å²) in [5.74, 6) is 1.22. The number of nitrogens with one attached hydrogen (secondary N) is 1. The highest BCUT2D eigenvalue weighted by Crippen LogP contribution is 1.99. The molecule has 80 valence electrons. The third-order valence-corrected chi connectivity index (χ3v) is 2.44. The molecule has 1 aliphatic heterocycles. The van der Waals surface area contributed by atoms with Crippen LogP contribution in [0.15, 0.2) is 36.4 Å². The molecule has 1 heterocycles. The summed E-state index contributed by atoms with van der Waals surface area (Å²) in [5.41, 5.74) is 5.39. The zero-order chi connectivity index (χ0) is 10.9. The van der Waals surface area contributed by atoms with Gasteiger partial charge in [-0.2, -0.15) is 0 Å². The van der Waals surface area contributed by atoms with Crippen LogP contribution >= 0.6 is 0 Å². The Bertz CT molecular complexity index is 338. The van der Waals surface area contributed by atoms with Crippen LogP contribution in [0, 0.1) is 0 Å². The van der Waals surface area contributed by atoms with Crippen molar-refractivity contribution >= 4 is 5.84 Å². The van der Waals surface area contributed by atoms with Crippen molar-refractivity contribution in [3.05, 3.63) is 36.4 Å². The quantitative estimate of drug-likeness (QED) is 0.413. The van der Waals surface area contributed by atoms with E-state index in [2.05, 4.69) is 41.1 Å². The van der Waals surface area contributed by atoms with Crippen LogP contribution in [0.2, 0.25) is 0 Å². The fraction of sp³-hybridized carbons (Fsp3) is 0.462. The van der Waals surface area contributed by atoms with Crippen molar-refractivity contribution < 1.29 is 4.58 Å². The van der Waals surface area contributed by atoms with Crippen molar-refractivity contribution in [3.8, 4) is 0 Å². The Hall–Kier alpha value is -1.49. The topological polar surface area (TPSA) is 15.0 Å². The summed E-state index contributed by atoms with van der Waals surface area (Å²) < 4.78 is 2.24. The van der Waals surface area contributed by atoms with E-state index in [1.54, 1.807) is 0 Å². The van der Waals surface area contributed by atoms with Crippen molar-refractivity contribution in [2.75, 3.05) is 13.1 Å². The lowest BCUT2D eigenvalue weighted by molar-refractivity contribution is -0.461. The van der Waals surface area contributed by atoms with Crippen LogP contribution in [0.25, 0.3) is 0 Å². The second-order valence-corrected chi connectivity index (χ2v) is 3.60. The first-order chi connectivity index (χ1) is 7.34. The van der Waals surface area contributed by atoms with E-state index >= 15 is 0 Å². The molecule has 1 rings (SSSR count). The highest BCUT2D eigenvalue weighted by Gasteiger charge is 2.07. The monoisotopic (exact) mass is 203 g/mol. The highest BCUT2D eigenvalue weighted by atomic mass is 15.1. The van der Waals surface area contributed by atoms with Gasteiger partial charge in [-0.15, -0.1) is 0 Å². The molecule has 1 N–H and O–H groups in total. The van der Waals surface area contributed by atoms with Crippen LogP contribution in [0.3, 0.4) is 0 Å². The van der Waals surface area contributed by atoms with Gasteiger partial charge in [0.05, 0.1) is 19.3 Å². The summed E-state index contributed by atoms with van der Waals surface area (Å²) in [6, 6.07) is 0. The molecule has 2 heteroatoms. The lowest BCUT2D eigenvalue weighted by atomic mass is 10.2. The average Bonchev–Trinajstić information content (AvgIpc) is 2.22. The van der Waals surface area contributed by atoms with Crippen molar-refractivity contribution in [2.45, 2.75) is 26.2 Å². The van der Waals surface area contributed by atoms with Crippen LogP contribution in [0.5, 0.6) is 0 Å². The van der Waals surface area contributed by atoms with Crippen molar-refractivity contribution in [1.29, 1.82) is 0 Å². The van der Waals surface area contributed by atoms with Crippen LogP contribution in [0.4, 0.5) is 0 Å². The van der Waals surface area contributed by atoms with E-state index in [0.29, 0.717) is 0 Å². The summed E-state index contributed by atoms with van der Waals surface area (Å²) in [6.07, 6.45) is 9.67. The number of amidine groups is 1. The minimum atomic E-state index is 1.08. The summed E-state index contributed by atoms with van der Waals surface area (Å²) in [5, 5.41) is 3.40. The third-order valence-electron chi connectivity index (χ3n) is 2.44. The number of rotatable bonds is 2. The smallest absolute Gasteiger partial charge is 0.246 e. The van der Waals surface area contributed by atoms with Gasteiger partial charge in [0.2, 0.25) is 5.84 Å². The number of allylic oxidation sites excluding steroid dienone is 2. The van der Waals surface area contributed by atoms with Gasteiger partial charge in [-0.3, -0.25) is 5.32 Å². The Morgan fingerprint density at radius 3 is 3.07 bits per heavy atom. The number of nitrogens with zero attached hydrogens (tertiary/aromatic N) is 1. The summed E-state index contributed by atoms with van der Waals surface area (Å²) in [7, 11) is 0. The molecule has 0 saturated heterocycles. The van der Waals surface area contributed by atoms with E-state index in [0.717, 1.165) is 13.1 Å². The van der Waals surface area contributed by atoms with Gasteiger partial charge in [0.1, 0.15) is 0 Å². The third kappa shape index (κ3) is 4.51. The van der Waals surface area contributed by atoms with Gasteiger partial charge < -0.3 is 0 Å². The SMILES string of the molecule is C=C=C=CC=C[N+]1=C(C)NCCCCC1. The molecule has 0 unspecified atom stereocenters. The molecule has 0 amide bonds. The standard InChI is InChI=1S/C13H18N2/c1-3-4-5-8-11-15-12-9-6-7-10-14-13(15)2/h5,8,11H,1,6-7,9-10,12H2,2H3/p+1. The van der Waals surface area contributed by atoms with Gasteiger partial charge in [-0.05, 0) is 38.0 Å². The van der Waals surface area contributed by atoms with E-state index in [4.69, 9.17) is 0 Å². The van der Waals surface area contributed by atoms with E-state index in [1.165, 1.54) is 25.1 Å². The van der Waals surface area contributed by atoms with Gasteiger partial charge in [-0.25, -0.2) is 4.58 Å². The molecule has 15 heavy (non-hydrogen) atoms. The minimum Gasteiger partial charge on any atom is -0.278 e. The molecule has 0 aromatic carbocycles. The van der Waals surface area contributed by atoms with E-state index < -0.39 is 0 Å². The van der Waals surface area contributed by atoms with Crippen molar-refractivity contribution in [1.82, 2.24) is 5.32 Å². The molecule has 0 bridgehead atoms. The van der Waals surface area contributed by atoms with Crippen LogP contribution in [-0.2, 0) is 0 Å². The fourth-order valence-corrected chi connectivity index (χ4v) is 1.56. The summed E-state index contributed by atoms with van der Waals surface area (Å²) in [6.45, 7) is 7.73. The molecule has 0 aliphatic carbocycles. The van der Waals surface area contributed by atoms with Crippen molar-refractivity contribution in [2.24, 2.45) is 0 Å². The molecule has 1 aliphatic rings. The zero-order valence-corrected chi connectivity index (χ0v) is 9.42. The first kappa shape index (κ1) is 11.6. The number of hydrogen-bond acceptors (Lipinski definition) is 1. The first-order valence-electron chi connectivity index (χ1n) is 5.46. The molecular formula is C13H19N2+. The largest absolute Gasteiger partial charge is 0.278 e. The van der Waals surface area contributed by atoms with Gasteiger partial charge in [0.25, 0.3) is 0 Å². The molecule has 0 aromatic rings. The maximum Gasteiger partial charge on any atom is 0.246 e.